The van der Waals surface area contributed by atoms with Gasteiger partial charge in [0.1, 0.15) is 6.61 Å². The van der Waals surface area contributed by atoms with Crippen LogP contribution >= 0.6 is 0 Å². The summed E-state index contributed by atoms with van der Waals surface area (Å²) in [6, 6.07) is 8.29. The maximum Gasteiger partial charge on any atom is 0.316 e. The number of fused-ring (bicyclic) bond motifs is 1. The second-order valence-electron chi connectivity index (χ2n) is 5.22. The molecule has 0 saturated carbocycles. The van der Waals surface area contributed by atoms with E-state index in [1.807, 2.05) is 24.3 Å². The Bertz CT molecular complexity index is 570. The van der Waals surface area contributed by atoms with E-state index >= 15 is 0 Å². The Hall–Kier alpha value is -1.72. The predicted octanol–water partition coefficient (Wildman–Crippen LogP) is 2.12. The van der Waals surface area contributed by atoms with Crippen LogP contribution in [-0.2, 0) is 4.74 Å². The molecule has 0 atom stereocenters. The van der Waals surface area contributed by atoms with Gasteiger partial charge in [-0.2, -0.15) is 4.98 Å². The first-order valence-electron chi connectivity index (χ1n) is 7.56. The van der Waals surface area contributed by atoms with Crippen LogP contribution in [0.3, 0.4) is 0 Å². The number of para-hydroxylation sites is 1. The number of likely N-dealkylation sites (tertiary alicyclic amines) is 1. The SMILES string of the molecule is c1ccc2nc(OCCOCCN3CCCC3)ncc2c1. The molecule has 5 heteroatoms. The zero-order chi connectivity index (χ0) is 14.3. The minimum Gasteiger partial charge on any atom is -0.461 e. The summed E-state index contributed by atoms with van der Waals surface area (Å²) < 4.78 is 11.1. The number of benzene rings is 1. The molecule has 1 fully saturated rings. The fraction of sp³-hybridized carbons (Fsp3) is 0.500. The highest BCUT2D eigenvalue weighted by Gasteiger charge is 2.10. The molecule has 2 heterocycles. The molecule has 1 aliphatic rings. The molecule has 0 spiro atoms. The molecular formula is C16H21N3O2. The highest BCUT2D eigenvalue weighted by Crippen LogP contribution is 2.12. The quantitative estimate of drug-likeness (QED) is 0.730. The van der Waals surface area contributed by atoms with Crippen molar-refractivity contribution in [1.29, 1.82) is 0 Å². The second-order valence-corrected chi connectivity index (χ2v) is 5.22. The predicted molar refractivity (Wildman–Crippen MR) is 81.5 cm³/mol. The average molecular weight is 287 g/mol. The lowest BCUT2D eigenvalue weighted by molar-refractivity contribution is 0.0820. The molecule has 21 heavy (non-hydrogen) atoms. The van der Waals surface area contributed by atoms with Crippen LogP contribution < -0.4 is 4.74 Å². The van der Waals surface area contributed by atoms with E-state index in [4.69, 9.17) is 9.47 Å². The Morgan fingerprint density at radius 1 is 1.05 bits per heavy atom. The lowest BCUT2D eigenvalue weighted by Gasteiger charge is -2.14. The lowest BCUT2D eigenvalue weighted by Crippen LogP contribution is -2.24. The maximum atomic E-state index is 5.58. The van der Waals surface area contributed by atoms with Crippen LogP contribution in [0.25, 0.3) is 10.9 Å². The van der Waals surface area contributed by atoms with Crippen molar-refractivity contribution in [3.05, 3.63) is 30.5 Å². The maximum absolute atomic E-state index is 5.58. The monoisotopic (exact) mass is 287 g/mol. The summed E-state index contributed by atoms with van der Waals surface area (Å²) >= 11 is 0. The Balaban J connectivity index is 1.36. The average Bonchev–Trinajstić information content (AvgIpc) is 3.04. The summed E-state index contributed by atoms with van der Waals surface area (Å²) in [5, 5.41) is 1.02. The Labute approximate surface area is 124 Å². The van der Waals surface area contributed by atoms with Gasteiger partial charge in [0.2, 0.25) is 0 Å². The van der Waals surface area contributed by atoms with E-state index in [0.717, 1.165) is 24.1 Å². The van der Waals surface area contributed by atoms with Crippen LogP contribution in [0.15, 0.2) is 30.5 Å². The van der Waals surface area contributed by atoms with Gasteiger partial charge < -0.3 is 14.4 Å². The topological polar surface area (TPSA) is 47.5 Å². The summed E-state index contributed by atoms with van der Waals surface area (Å²) in [4.78, 5) is 11.0. The third kappa shape index (κ3) is 4.12. The number of nitrogens with zero attached hydrogens (tertiary/aromatic N) is 3. The van der Waals surface area contributed by atoms with Crippen molar-refractivity contribution in [2.24, 2.45) is 0 Å². The molecule has 0 aliphatic carbocycles. The summed E-state index contributed by atoms with van der Waals surface area (Å²) in [5.41, 5.74) is 0.900. The van der Waals surface area contributed by atoms with Crippen LogP contribution in [0.1, 0.15) is 12.8 Å². The van der Waals surface area contributed by atoms with Crippen molar-refractivity contribution in [3.63, 3.8) is 0 Å². The largest absolute Gasteiger partial charge is 0.461 e. The second kappa shape index (κ2) is 7.33. The number of rotatable bonds is 7. The van der Waals surface area contributed by atoms with Crippen LogP contribution in [0, 0.1) is 0 Å². The third-order valence-electron chi connectivity index (χ3n) is 3.68. The normalized spacial score (nSPS) is 15.6. The standard InChI is InChI=1S/C16H21N3O2/c1-2-6-15-14(5-1)13-17-16(18-15)21-12-11-20-10-9-19-7-3-4-8-19/h1-2,5-6,13H,3-4,7-12H2. The van der Waals surface area contributed by atoms with E-state index in [1.54, 1.807) is 6.20 Å². The van der Waals surface area contributed by atoms with E-state index in [1.165, 1.54) is 25.9 Å². The molecule has 0 radical (unpaired) electrons. The molecule has 1 aliphatic heterocycles. The Kier molecular flexibility index (Phi) is 4.97. The van der Waals surface area contributed by atoms with Gasteiger partial charge in [-0.1, -0.05) is 18.2 Å². The summed E-state index contributed by atoms with van der Waals surface area (Å²) in [7, 11) is 0. The first kappa shape index (κ1) is 14.2. The fourth-order valence-corrected chi connectivity index (χ4v) is 2.52. The van der Waals surface area contributed by atoms with E-state index < -0.39 is 0 Å². The van der Waals surface area contributed by atoms with Gasteiger partial charge in [-0.15, -0.1) is 0 Å². The molecule has 0 unspecified atom stereocenters. The fourth-order valence-electron chi connectivity index (χ4n) is 2.52. The molecule has 112 valence electrons. The molecule has 0 bridgehead atoms. The summed E-state index contributed by atoms with van der Waals surface area (Å²) in [5.74, 6) is 0. The first-order valence-corrected chi connectivity index (χ1v) is 7.56. The van der Waals surface area contributed by atoms with Gasteiger partial charge >= 0.3 is 6.01 Å². The molecule has 0 amide bonds. The van der Waals surface area contributed by atoms with Crippen molar-refractivity contribution in [1.82, 2.24) is 14.9 Å². The van der Waals surface area contributed by atoms with Crippen molar-refractivity contribution in [2.45, 2.75) is 12.8 Å². The Morgan fingerprint density at radius 2 is 1.90 bits per heavy atom. The van der Waals surface area contributed by atoms with Crippen molar-refractivity contribution in [2.75, 3.05) is 39.5 Å². The summed E-state index contributed by atoms with van der Waals surface area (Å²) in [6.45, 7) is 5.27. The summed E-state index contributed by atoms with van der Waals surface area (Å²) in [6.07, 6.45) is 4.43. The van der Waals surface area contributed by atoms with Crippen molar-refractivity contribution < 1.29 is 9.47 Å². The molecule has 1 saturated heterocycles. The number of hydrogen-bond donors (Lipinski definition) is 0. The van der Waals surface area contributed by atoms with Gasteiger partial charge in [0.15, 0.2) is 0 Å². The Morgan fingerprint density at radius 3 is 2.81 bits per heavy atom. The van der Waals surface area contributed by atoms with Gasteiger partial charge in [-0.3, -0.25) is 0 Å². The van der Waals surface area contributed by atoms with E-state index in [2.05, 4.69) is 14.9 Å². The van der Waals surface area contributed by atoms with Crippen LogP contribution in [0.5, 0.6) is 6.01 Å². The smallest absolute Gasteiger partial charge is 0.316 e. The van der Waals surface area contributed by atoms with Crippen LogP contribution in [0.2, 0.25) is 0 Å². The van der Waals surface area contributed by atoms with Gasteiger partial charge in [-0.05, 0) is 32.0 Å². The van der Waals surface area contributed by atoms with Gasteiger partial charge in [0, 0.05) is 18.1 Å². The number of ether oxygens (including phenoxy) is 2. The molecular weight excluding hydrogens is 266 g/mol. The zero-order valence-corrected chi connectivity index (χ0v) is 12.2. The minimum atomic E-state index is 0.414. The first-order chi connectivity index (χ1) is 10.4. The van der Waals surface area contributed by atoms with E-state index in [0.29, 0.717) is 19.2 Å². The minimum absolute atomic E-state index is 0.414. The highest BCUT2D eigenvalue weighted by atomic mass is 16.5. The van der Waals surface area contributed by atoms with Gasteiger partial charge in [-0.25, -0.2) is 4.98 Å². The molecule has 5 nitrogen and oxygen atoms in total. The molecule has 2 aromatic rings. The van der Waals surface area contributed by atoms with E-state index in [9.17, 15) is 0 Å². The third-order valence-corrected chi connectivity index (χ3v) is 3.68. The number of hydrogen-bond acceptors (Lipinski definition) is 5. The molecule has 3 rings (SSSR count). The highest BCUT2D eigenvalue weighted by molar-refractivity contribution is 5.77. The molecule has 1 aromatic heterocycles. The number of aromatic nitrogens is 2. The lowest BCUT2D eigenvalue weighted by atomic mass is 10.2. The van der Waals surface area contributed by atoms with E-state index in [-0.39, 0.29) is 0 Å². The van der Waals surface area contributed by atoms with Crippen LogP contribution in [-0.4, -0.2) is 54.3 Å². The van der Waals surface area contributed by atoms with Crippen molar-refractivity contribution >= 4 is 10.9 Å². The van der Waals surface area contributed by atoms with Gasteiger partial charge in [0.25, 0.3) is 0 Å². The molecule has 1 aromatic carbocycles. The van der Waals surface area contributed by atoms with Crippen molar-refractivity contribution in [3.8, 4) is 6.01 Å². The van der Waals surface area contributed by atoms with Crippen LogP contribution in [0.4, 0.5) is 0 Å². The molecule has 0 N–H and O–H groups in total. The van der Waals surface area contributed by atoms with Gasteiger partial charge in [0.05, 0.1) is 18.7 Å². The zero-order valence-electron chi connectivity index (χ0n) is 12.2.